The van der Waals surface area contributed by atoms with E-state index in [0.717, 1.165) is 31.2 Å². The van der Waals surface area contributed by atoms with Crippen LogP contribution >= 0.6 is 0 Å². The average Bonchev–Trinajstić information content (AvgIpc) is 2.61. The number of likely N-dealkylation sites (tertiary alicyclic amines) is 1. The quantitative estimate of drug-likeness (QED) is 0.794. The molecule has 1 amide bonds. The van der Waals surface area contributed by atoms with E-state index in [9.17, 15) is 4.79 Å². The highest BCUT2D eigenvalue weighted by atomic mass is 16.6. The minimum atomic E-state index is -0.472. The summed E-state index contributed by atoms with van der Waals surface area (Å²) < 4.78 is 18.1. The molecule has 2 saturated heterocycles. The normalized spacial score (nSPS) is 25.4. The fourth-order valence-corrected chi connectivity index (χ4v) is 4.03. The number of amides is 1. The third kappa shape index (κ3) is 5.20. The van der Waals surface area contributed by atoms with Gasteiger partial charge in [0.15, 0.2) is 0 Å². The maximum Gasteiger partial charge on any atom is 0.410 e. The molecular weight excluding hydrogens is 344 g/mol. The van der Waals surface area contributed by atoms with Crippen molar-refractivity contribution in [3.63, 3.8) is 0 Å². The Morgan fingerprint density at radius 3 is 2.56 bits per heavy atom. The van der Waals surface area contributed by atoms with Crippen molar-refractivity contribution in [2.75, 3.05) is 19.7 Å². The molecule has 2 aliphatic rings. The topological polar surface area (TPSA) is 60.9 Å². The molecule has 2 aliphatic heterocycles. The molecule has 3 heterocycles. The molecule has 1 aromatic heterocycles. The molecule has 3 rings (SSSR count). The first kappa shape index (κ1) is 20.1. The third-order valence-corrected chi connectivity index (χ3v) is 5.28. The Morgan fingerprint density at radius 1 is 1.30 bits per heavy atom. The molecule has 0 aromatic carbocycles. The van der Waals surface area contributed by atoms with E-state index in [2.05, 4.69) is 4.98 Å². The Balaban J connectivity index is 1.68. The van der Waals surface area contributed by atoms with Gasteiger partial charge in [0.25, 0.3) is 0 Å². The van der Waals surface area contributed by atoms with Gasteiger partial charge in [0.2, 0.25) is 0 Å². The molecule has 1 spiro atoms. The third-order valence-electron chi connectivity index (χ3n) is 5.28. The smallest absolute Gasteiger partial charge is 0.410 e. The average molecular weight is 376 g/mol. The summed E-state index contributed by atoms with van der Waals surface area (Å²) in [6.45, 7) is 9.72. The van der Waals surface area contributed by atoms with E-state index < -0.39 is 5.60 Å². The molecule has 6 heteroatoms. The lowest BCUT2D eigenvalue weighted by molar-refractivity contribution is -0.191. The standard InChI is InChI=1S/C21H32N2O4/c1-5-25-17-14-18(16-6-10-22-11-7-16)26-21(15-17)8-12-23(13-9-21)19(24)27-20(2,3)4/h6-7,10-11,17-18H,5,8-9,12-15H2,1-4H3. The summed E-state index contributed by atoms with van der Waals surface area (Å²) in [5.41, 5.74) is 0.424. The monoisotopic (exact) mass is 376 g/mol. The molecule has 150 valence electrons. The maximum absolute atomic E-state index is 12.4. The summed E-state index contributed by atoms with van der Waals surface area (Å²) in [5.74, 6) is 0. The Hall–Kier alpha value is -1.66. The number of carbonyl (C=O) groups is 1. The summed E-state index contributed by atoms with van der Waals surface area (Å²) in [6.07, 6.45) is 6.90. The van der Waals surface area contributed by atoms with Crippen LogP contribution in [-0.4, -0.2) is 53.0 Å². The predicted octanol–water partition coefficient (Wildman–Crippen LogP) is 4.11. The second-order valence-electron chi connectivity index (χ2n) is 8.55. The molecule has 6 nitrogen and oxygen atoms in total. The van der Waals surface area contributed by atoms with Crippen LogP contribution < -0.4 is 0 Å². The molecule has 0 N–H and O–H groups in total. The summed E-state index contributed by atoms with van der Waals surface area (Å²) in [5, 5.41) is 0. The first-order valence-electron chi connectivity index (χ1n) is 9.97. The largest absolute Gasteiger partial charge is 0.444 e. The van der Waals surface area contributed by atoms with E-state index in [1.807, 2.05) is 39.8 Å². The van der Waals surface area contributed by atoms with Gasteiger partial charge in [-0.2, -0.15) is 0 Å². The first-order chi connectivity index (χ1) is 12.8. The van der Waals surface area contributed by atoms with Gasteiger partial charge in [-0.1, -0.05) is 0 Å². The number of rotatable bonds is 3. The number of ether oxygens (including phenoxy) is 3. The van der Waals surface area contributed by atoms with Gasteiger partial charge in [0, 0.05) is 44.9 Å². The van der Waals surface area contributed by atoms with Crippen molar-refractivity contribution >= 4 is 6.09 Å². The van der Waals surface area contributed by atoms with Gasteiger partial charge in [-0.15, -0.1) is 0 Å². The van der Waals surface area contributed by atoms with E-state index in [1.54, 1.807) is 17.3 Å². The maximum atomic E-state index is 12.4. The molecule has 0 bridgehead atoms. The van der Waals surface area contributed by atoms with E-state index in [1.165, 1.54) is 0 Å². The van der Waals surface area contributed by atoms with Crippen molar-refractivity contribution in [3.05, 3.63) is 30.1 Å². The van der Waals surface area contributed by atoms with Gasteiger partial charge in [0.1, 0.15) is 5.60 Å². The van der Waals surface area contributed by atoms with Gasteiger partial charge >= 0.3 is 6.09 Å². The zero-order valence-electron chi connectivity index (χ0n) is 16.9. The Labute approximate surface area is 162 Å². The Morgan fingerprint density at radius 2 is 1.96 bits per heavy atom. The van der Waals surface area contributed by atoms with Gasteiger partial charge in [-0.25, -0.2) is 4.79 Å². The zero-order valence-corrected chi connectivity index (χ0v) is 16.9. The van der Waals surface area contributed by atoms with Crippen molar-refractivity contribution in [2.45, 2.75) is 76.8 Å². The molecule has 0 aliphatic carbocycles. The second kappa shape index (κ2) is 8.15. The summed E-state index contributed by atoms with van der Waals surface area (Å²) in [7, 11) is 0. The first-order valence-corrected chi connectivity index (χ1v) is 9.97. The van der Waals surface area contributed by atoms with E-state index >= 15 is 0 Å². The number of pyridine rings is 1. The van der Waals surface area contributed by atoms with Gasteiger partial charge in [-0.3, -0.25) is 4.98 Å². The predicted molar refractivity (Wildman–Crippen MR) is 102 cm³/mol. The SMILES string of the molecule is CCOC1CC(c2ccncc2)OC2(CCN(C(=O)OC(C)(C)C)CC2)C1. The number of aromatic nitrogens is 1. The highest BCUT2D eigenvalue weighted by molar-refractivity contribution is 5.68. The van der Waals surface area contributed by atoms with Crippen LogP contribution in [0.15, 0.2) is 24.5 Å². The number of hydrogen-bond acceptors (Lipinski definition) is 5. The van der Waals surface area contributed by atoms with Crippen LogP contribution in [0.25, 0.3) is 0 Å². The van der Waals surface area contributed by atoms with Gasteiger partial charge in [0.05, 0.1) is 17.8 Å². The zero-order chi connectivity index (χ0) is 19.5. The van der Waals surface area contributed by atoms with Crippen molar-refractivity contribution < 1.29 is 19.0 Å². The van der Waals surface area contributed by atoms with Crippen molar-refractivity contribution in [1.82, 2.24) is 9.88 Å². The van der Waals surface area contributed by atoms with Crippen molar-refractivity contribution in [3.8, 4) is 0 Å². The summed E-state index contributed by atoms with van der Waals surface area (Å²) in [6, 6.07) is 4.03. The summed E-state index contributed by atoms with van der Waals surface area (Å²) >= 11 is 0. The van der Waals surface area contributed by atoms with E-state index in [0.29, 0.717) is 19.7 Å². The minimum Gasteiger partial charge on any atom is -0.444 e. The Kier molecular flexibility index (Phi) is 6.06. The number of piperidine rings is 1. The molecule has 2 atom stereocenters. The fraction of sp³-hybridized carbons (Fsp3) is 0.714. The number of carbonyl (C=O) groups excluding carboxylic acids is 1. The lowest BCUT2D eigenvalue weighted by Crippen LogP contribution is -2.53. The molecule has 27 heavy (non-hydrogen) atoms. The Bertz CT molecular complexity index is 621. The van der Waals surface area contributed by atoms with Crippen LogP contribution in [0, 0.1) is 0 Å². The van der Waals surface area contributed by atoms with Crippen LogP contribution in [-0.2, 0) is 14.2 Å². The van der Waals surface area contributed by atoms with Gasteiger partial charge < -0.3 is 19.1 Å². The molecule has 2 fully saturated rings. The van der Waals surface area contributed by atoms with Crippen LogP contribution in [0.2, 0.25) is 0 Å². The van der Waals surface area contributed by atoms with Crippen LogP contribution in [0.3, 0.4) is 0 Å². The molecular formula is C21H32N2O4. The molecule has 2 unspecified atom stereocenters. The number of nitrogens with zero attached hydrogens (tertiary/aromatic N) is 2. The van der Waals surface area contributed by atoms with E-state index in [-0.39, 0.29) is 23.9 Å². The van der Waals surface area contributed by atoms with Crippen LogP contribution in [0.4, 0.5) is 4.79 Å². The molecule has 0 saturated carbocycles. The van der Waals surface area contributed by atoms with E-state index in [4.69, 9.17) is 14.2 Å². The highest BCUT2D eigenvalue weighted by Crippen LogP contribution is 2.43. The highest BCUT2D eigenvalue weighted by Gasteiger charge is 2.45. The molecule has 1 aromatic rings. The van der Waals surface area contributed by atoms with Crippen molar-refractivity contribution in [2.24, 2.45) is 0 Å². The van der Waals surface area contributed by atoms with Gasteiger partial charge in [-0.05, 0) is 58.2 Å². The lowest BCUT2D eigenvalue weighted by atomic mass is 9.81. The second-order valence-corrected chi connectivity index (χ2v) is 8.55. The fourth-order valence-electron chi connectivity index (χ4n) is 4.03. The van der Waals surface area contributed by atoms with Crippen molar-refractivity contribution in [1.29, 1.82) is 0 Å². The van der Waals surface area contributed by atoms with Crippen LogP contribution in [0.1, 0.15) is 65.0 Å². The lowest BCUT2D eigenvalue weighted by Gasteiger charge is -2.48. The number of hydrogen-bond donors (Lipinski definition) is 0. The minimum absolute atomic E-state index is 0.00590. The summed E-state index contributed by atoms with van der Waals surface area (Å²) in [4.78, 5) is 18.3. The molecule has 0 radical (unpaired) electrons. The van der Waals surface area contributed by atoms with Crippen LogP contribution in [0.5, 0.6) is 0 Å².